The van der Waals surface area contributed by atoms with Crippen molar-refractivity contribution in [3.63, 3.8) is 0 Å². The van der Waals surface area contributed by atoms with Crippen molar-refractivity contribution in [2.45, 2.75) is 13.3 Å². The molecule has 0 aromatic carbocycles. The molecule has 2 aromatic rings. The van der Waals surface area contributed by atoms with Gasteiger partial charge in [-0.15, -0.1) is 24.0 Å². The smallest absolute Gasteiger partial charge is 0.289 e. The highest BCUT2D eigenvalue weighted by Gasteiger charge is 2.25. The summed E-state index contributed by atoms with van der Waals surface area (Å²) in [6, 6.07) is 7.06. The first-order valence-electron chi connectivity index (χ1n) is 9.57. The Morgan fingerprint density at radius 1 is 1.17 bits per heavy atom. The number of pyridine rings is 1. The number of rotatable bonds is 5. The number of amides is 2. The minimum absolute atomic E-state index is 0. The van der Waals surface area contributed by atoms with Gasteiger partial charge in [-0.05, 0) is 30.7 Å². The summed E-state index contributed by atoms with van der Waals surface area (Å²) in [6.07, 6.45) is 3.51. The number of carbonyl (C=O) groups is 2. The molecule has 2 aromatic heterocycles. The van der Waals surface area contributed by atoms with Crippen LogP contribution in [0.4, 0.5) is 5.82 Å². The number of halogens is 1. The van der Waals surface area contributed by atoms with Crippen molar-refractivity contribution in [2.75, 3.05) is 45.1 Å². The number of aryl methyl sites for hydroxylation is 1. The van der Waals surface area contributed by atoms with Gasteiger partial charge in [0.2, 0.25) is 5.91 Å². The number of anilines is 1. The molecule has 9 nitrogen and oxygen atoms in total. The van der Waals surface area contributed by atoms with Crippen LogP contribution in [-0.4, -0.2) is 72.3 Å². The van der Waals surface area contributed by atoms with E-state index in [9.17, 15) is 9.59 Å². The minimum Gasteiger partial charge on any atom is -0.459 e. The lowest BCUT2D eigenvalue weighted by atomic mass is 10.3. The lowest BCUT2D eigenvalue weighted by molar-refractivity contribution is -0.116. The predicted octanol–water partition coefficient (Wildman–Crippen LogP) is 1.96. The van der Waals surface area contributed by atoms with Gasteiger partial charge < -0.3 is 24.9 Å². The van der Waals surface area contributed by atoms with Gasteiger partial charge in [-0.2, -0.15) is 0 Å². The summed E-state index contributed by atoms with van der Waals surface area (Å²) in [5.41, 5.74) is 1.04. The van der Waals surface area contributed by atoms with Crippen molar-refractivity contribution in [3.05, 3.63) is 48.0 Å². The summed E-state index contributed by atoms with van der Waals surface area (Å²) < 4.78 is 5.18. The average Bonchev–Trinajstić information content (AvgIpc) is 3.27. The molecule has 0 unspecified atom stereocenters. The highest BCUT2D eigenvalue weighted by Crippen LogP contribution is 2.09. The fourth-order valence-corrected chi connectivity index (χ4v) is 3.04. The van der Waals surface area contributed by atoms with Crippen LogP contribution in [0, 0.1) is 6.92 Å². The van der Waals surface area contributed by atoms with Crippen LogP contribution < -0.4 is 10.6 Å². The SMILES string of the molecule is CN=C(NCCC(=O)Nc1ccc(C)cn1)N1CCN(C(=O)c2ccco2)CC1.I. The highest BCUT2D eigenvalue weighted by molar-refractivity contribution is 14.0. The van der Waals surface area contributed by atoms with Gasteiger partial charge in [0.1, 0.15) is 5.82 Å². The number of piperazine rings is 1. The summed E-state index contributed by atoms with van der Waals surface area (Å²) in [4.78, 5) is 36.7. The summed E-state index contributed by atoms with van der Waals surface area (Å²) >= 11 is 0. The van der Waals surface area contributed by atoms with Crippen LogP contribution in [0.2, 0.25) is 0 Å². The van der Waals surface area contributed by atoms with Gasteiger partial charge in [-0.25, -0.2) is 4.98 Å². The molecule has 30 heavy (non-hydrogen) atoms. The van der Waals surface area contributed by atoms with Crippen LogP contribution in [0.3, 0.4) is 0 Å². The van der Waals surface area contributed by atoms with Crippen LogP contribution in [0.5, 0.6) is 0 Å². The molecule has 1 fully saturated rings. The zero-order valence-corrected chi connectivity index (χ0v) is 19.5. The van der Waals surface area contributed by atoms with E-state index in [-0.39, 0.29) is 35.8 Å². The summed E-state index contributed by atoms with van der Waals surface area (Å²) in [5, 5.41) is 5.98. The normalized spacial score (nSPS) is 14.1. The van der Waals surface area contributed by atoms with Gasteiger partial charge in [-0.1, -0.05) is 6.07 Å². The number of hydrogen-bond acceptors (Lipinski definition) is 5. The first kappa shape index (κ1) is 23.6. The van der Waals surface area contributed by atoms with Crippen LogP contribution in [0.25, 0.3) is 0 Å². The number of furan rings is 1. The molecule has 0 atom stereocenters. The number of nitrogens with zero attached hydrogens (tertiary/aromatic N) is 4. The molecule has 0 saturated carbocycles. The molecule has 3 rings (SSSR count). The molecular formula is C20H27IN6O3. The third kappa shape index (κ3) is 6.44. The van der Waals surface area contributed by atoms with Crippen molar-refractivity contribution in [1.82, 2.24) is 20.1 Å². The monoisotopic (exact) mass is 526 g/mol. The Morgan fingerprint density at radius 2 is 1.90 bits per heavy atom. The van der Waals surface area contributed by atoms with Crippen LogP contribution in [0.15, 0.2) is 46.1 Å². The molecular weight excluding hydrogens is 499 g/mol. The topological polar surface area (TPSA) is 103 Å². The Kier molecular flexibility index (Phi) is 9.09. The van der Waals surface area contributed by atoms with Crippen molar-refractivity contribution in [3.8, 4) is 0 Å². The van der Waals surface area contributed by atoms with Gasteiger partial charge in [0.15, 0.2) is 11.7 Å². The Hall–Kier alpha value is -2.63. The molecule has 1 saturated heterocycles. The van der Waals surface area contributed by atoms with Gasteiger partial charge >= 0.3 is 0 Å². The first-order valence-corrected chi connectivity index (χ1v) is 9.57. The molecule has 1 aliphatic rings. The third-order valence-electron chi connectivity index (χ3n) is 4.62. The van der Waals surface area contributed by atoms with E-state index in [1.165, 1.54) is 6.26 Å². The molecule has 162 valence electrons. The molecule has 3 heterocycles. The number of guanidine groups is 1. The van der Waals surface area contributed by atoms with E-state index in [1.807, 2.05) is 13.0 Å². The highest BCUT2D eigenvalue weighted by atomic mass is 127. The van der Waals surface area contributed by atoms with Crippen molar-refractivity contribution in [1.29, 1.82) is 0 Å². The number of nitrogens with one attached hydrogen (secondary N) is 2. The lowest BCUT2D eigenvalue weighted by Gasteiger charge is -2.36. The number of aliphatic imine (C=N–C) groups is 1. The third-order valence-corrected chi connectivity index (χ3v) is 4.62. The van der Waals surface area contributed by atoms with Crippen LogP contribution in [0.1, 0.15) is 22.5 Å². The summed E-state index contributed by atoms with van der Waals surface area (Å²) in [7, 11) is 1.71. The van der Waals surface area contributed by atoms with Crippen LogP contribution in [-0.2, 0) is 4.79 Å². The van der Waals surface area contributed by atoms with Crippen molar-refractivity contribution in [2.24, 2.45) is 4.99 Å². The zero-order chi connectivity index (χ0) is 20.6. The van der Waals surface area contributed by atoms with E-state index in [0.717, 1.165) is 11.5 Å². The van der Waals surface area contributed by atoms with E-state index in [4.69, 9.17) is 4.42 Å². The van der Waals surface area contributed by atoms with Gasteiger partial charge in [0.05, 0.1) is 6.26 Å². The molecule has 1 aliphatic heterocycles. The molecule has 2 amide bonds. The Morgan fingerprint density at radius 3 is 2.50 bits per heavy atom. The maximum absolute atomic E-state index is 12.3. The maximum atomic E-state index is 12.3. The molecule has 0 bridgehead atoms. The Balaban J connectivity index is 0.00000320. The lowest BCUT2D eigenvalue weighted by Crippen LogP contribution is -2.54. The standard InChI is InChI=1S/C20H26N6O3.HI/c1-15-5-6-17(23-14-15)24-18(27)7-8-22-20(21-2)26-11-9-25(10-12-26)19(28)16-4-3-13-29-16;/h3-6,13-14H,7-12H2,1-2H3,(H,21,22)(H,23,24,27);1H. The minimum atomic E-state index is -0.113. The molecule has 10 heteroatoms. The summed E-state index contributed by atoms with van der Waals surface area (Å²) in [6.45, 7) is 4.88. The number of aromatic nitrogens is 1. The molecule has 0 aliphatic carbocycles. The number of carbonyl (C=O) groups excluding carboxylic acids is 2. The zero-order valence-electron chi connectivity index (χ0n) is 17.1. The quantitative estimate of drug-likeness (QED) is 0.351. The fourth-order valence-electron chi connectivity index (χ4n) is 3.04. The van der Waals surface area contributed by atoms with Gasteiger partial charge in [0, 0.05) is 52.4 Å². The second kappa shape index (κ2) is 11.5. The largest absolute Gasteiger partial charge is 0.459 e. The molecule has 0 radical (unpaired) electrons. The van der Waals surface area contributed by atoms with Gasteiger partial charge in [0.25, 0.3) is 5.91 Å². The second-order valence-electron chi connectivity index (χ2n) is 6.75. The maximum Gasteiger partial charge on any atom is 0.289 e. The summed E-state index contributed by atoms with van der Waals surface area (Å²) in [5.74, 6) is 1.41. The van der Waals surface area contributed by atoms with E-state index in [0.29, 0.717) is 50.7 Å². The average molecular weight is 526 g/mol. The molecule has 0 spiro atoms. The Labute approximate surface area is 192 Å². The van der Waals surface area contributed by atoms with E-state index in [2.05, 4.69) is 25.5 Å². The van der Waals surface area contributed by atoms with Crippen molar-refractivity contribution >= 4 is 47.6 Å². The second-order valence-corrected chi connectivity index (χ2v) is 6.75. The van der Waals surface area contributed by atoms with Crippen molar-refractivity contribution < 1.29 is 14.0 Å². The van der Waals surface area contributed by atoms with E-state index in [1.54, 1.807) is 36.3 Å². The van der Waals surface area contributed by atoms with Crippen LogP contribution >= 0.6 is 24.0 Å². The Bertz CT molecular complexity index is 846. The molecule has 2 N–H and O–H groups in total. The van der Waals surface area contributed by atoms with Gasteiger partial charge in [-0.3, -0.25) is 14.6 Å². The predicted molar refractivity (Wildman–Crippen MR) is 125 cm³/mol. The van der Waals surface area contributed by atoms with E-state index >= 15 is 0 Å². The number of hydrogen-bond donors (Lipinski definition) is 2. The first-order chi connectivity index (χ1) is 14.1. The van der Waals surface area contributed by atoms with E-state index < -0.39 is 0 Å². The fraction of sp³-hybridized carbons (Fsp3) is 0.400.